The maximum Gasteiger partial charge on any atom is 0.0331 e. The summed E-state index contributed by atoms with van der Waals surface area (Å²) in [7, 11) is 2.37. The van der Waals surface area contributed by atoms with Crippen molar-refractivity contribution in [2.45, 2.75) is 89.6 Å². The van der Waals surface area contributed by atoms with E-state index >= 15 is 0 Å². The summed E-state index contributed by atoms with van der Waals surface area (Å²) >= 11 is 0. The molecule has 2 unspecified atom stereocenters. The van der Waals surface area contributed by atoms with Crippen molar-refractivity contribution in [3.05, 3.63) is 0 Å². The van der Waals surface area contributed by atoms with Crippen molar-refractivity contribution >= 4 is 0 Å². The van der Waals surface area contributed by atoms with Gasteiger partial charge in [-0.25, -0.2) is 0 Å². The summed E-state index contributed by atoms with van der Waals surface area (Å²) < 4.78 is 0. The van der Waals surface area contributed by atoms with Crippen LogP contribution in [0.4, 0.5) is 0 Å². The van der Waals surface area contributed by atoms with Crippen molar-refractivity contribution < 1.29 is 0 Å². The molecule has 0 aliphatic heterocycles. The van der Waals surface area contributed by atoms with Gasteiger partial charge in [-0.3, -0.25) is 4.90 Å². The summed E-state index contributed by atoms with van der Waals surface area (Å²) in [6.45, 7) is 5.62. The minimum Gasteiger partial charge on any atom is -0.329 e. The lowest BCUT2D eigenvalue weighted by atomic mass is 9.72. The molecule has 2 aliphatic rings. The number of rotatable bonds is 5. The Labute approximate surface area is 126 Å². The SMILES string of the molecule is CCCC1CCC(CN)(N(C)C2CCCCC2C)CC1. The predicted octanol–water partition coefficient (Wildman–Crippen LogP) is 4.18. The Hall–Kier alpha value is -0.0800. The van der Waals surface area contributed by atoms with Crippen LogP contribution in [0.25, 0.3) is 0 Å². The van der Waals surface area contributed by atoms with Crippen LogP contribution < -0.4 is 5.73 Å². The second kappa shape index (κ2) is 7.26. The van der Waals surface area contributed by atoms with Crippen LogP contribution in [0.15, 0.2) is 0 Å². The Morgan fingerprint density at radius 3 is 2.30 bits per heavy atom. The molecule has 2 nitrogen and oxygen atoms in total. The molecule has 20 heavy (non-hydrogen) atoms. The first-order chi connectivity index (χ1) is 9.63. The summed E-state index contributed by atoms with van der Waals surface area (Å²) in [5, 5.41) is 0. The summed E-state index contributed by atoms with van der Waals surface area (Å²) in [6.07, 6.45) is 13.9. The van der Waals surface area contributed by atoms with Gasteiger partial charge in [0, 0.05) is 18.1 Å². The standard InChI is InChI=1S/C18H36N2/c1-4-7-16-10-12-18(14-19,13-11-16)20(3)17-9-6-5-8-15(17)2/h15-17H,4-14,19H2,1-3H3. The van der Waals surface area contributed by atoms with Crippen molar-refractivity contribution in [2.75, 3.05) is 13.6 Å². The first kappa shape index (κ1) is 16.3. The first-order valence-electron chi connectivity index (χ1n) is 9.06. The number of nitrogens with two attached hydrogens (primary N) is 1. The van der Waals surface area contributed by atoms with Gasteiger partial charge >= 0.3 is 0 Å². The zero-order valence-corrected chi connectivity index (χ0v) is 14.0. The molecule has 0 saturated heterocycles. The van der Waals surface area contributed by atoms with Crippen LogP contribution in [0.5, 0.6) is 0 Å². The van der Waals surface area contributed by atoms with Gasteiger partial charge in [0.15, 0.2) is 0 Å². The van der Waals surface area contributed by atoms with Gasteiger partial charge in [-0.15, -0.1) is 0 Å². The smallest absolute Gasteiger partial charge is 0.0331 e. The van der Waals surface area contributed by atoms with E-state index in [-0.39, 0.29) is 0 Å². The van der Waals surface area contributed by atoms with Crippen LogP contribution in [0, 0.1) is 11.8 Å². The second-order valence-electron chi connectivity index (χ2n) is 7.60. The number of hydrogen-bond acceptors (Lipinski definition) is 2. The van der Waals surface area contributed by atoms with Gasteiger partial charge in [0.05, 0.1) is 0 Å². The Morgan fingerprint density at radius 2 is 1.75 bits per heavy atom. The molecule has 2 aliphatic carbocycles. The molecule has 0 bridgehead atoms. The van der Waals surface area contributed by atoms with Crippen molar-refractivity contribution in [1.29, 1.82) is 0 Å². The van der Waals surface area contributed by atoms with Gasteiger partial charge in [0.2, 0.25) is 0 Å². The lowest BCUT2D eigenvalue weighted by Crippen LogP contribution is -2.59. The minimum atomic E-state index is 0.306. The number of nitrogens with zero attached hydrogens (tertiary/aromatic N) is 1. The molecule has 0 amide bonds. The quantitative estimate of drug-likeness (QED) is 0.818. The van der Waals surface area contributed by atoms with E-state index in [0.29, 0.717) is 5.54 Å². The Morgan fingerprint density at radius 1 is 1.10 bits per heavy atom. The van der Waals surface area contributed by atoms with Gasteiger partial charge in [-0.2, -0.15) is 0 Å². The highest BCUT2D eigenvalue weighted by Crippen LogP contribution is 2.40. The summed E-state index contributed by atoms with van der Waals surface area (Å²) in [5.41, 5.74) is 6.58. The van der Waals surface area contributed by atoms with E-state index in [2.05, 4.69) is 25.8 Å². The topological polar surface area (TPSA) is 29.3 Å². The normalized spacial score (nSPS) is 39.1. The molecular formula is C18H36N2. The van der Waals surface area contributed by atoms with E-state index in [1.165, 1.54) is 64.2 Å². The monoisotopic (exact) mass is 280 g/mol. The summed E-state index contributed by atoms with van der Waals surface area (Å²) in [5.74, 6) is 1.82. The molecule has 2 heteroatoms. The molecule has 0 aromatic rings. The third-order valence-corrected chi connectivity index (χ3v) is 6.42. The fourth-order valence-corrected chi connectivity index (χ4v) is 4.84. The van der Waals surface area contributed by atoms with E-state index in [1.807, 2.05) is 0 Å². The average Bonchev–Trinajstić information content (AvgIpc) is 2.48. The molecule has 2 saturated carbocycles. The molecule has 0 radical (unpaired) electrons. The molecule has 0 aromatic heterocycles. The largest absolute Gasteiger partial charge is 0.329 e. The third kappa shape index (κ3) is 3.39. The number of hydrogen-bond donors (Lipinski definition) is 1. The average molecular weight is 281 g/mol. The van der Waals surface area contributed by atoms with Gasteiger partial charge in [0.25, 0.3) is 0 Å². The van der Waals surface area contributed by atoms with Crippen molar-refractivity contribution in [1.82, 2.24) is 4.90 Å². The maximum atomic E-state index is 6.27. The van der Waals surface area contributed by atoms with Crippen LogP contribution in [0.3, 0.4) is 0 Å². The van der Waals surface area contributed by atoms with Crippen LogP contribution in [-0.2, 0) is 0 Å². The highest BCUT2D eigenvalue weighted by molar-refractivity contribution is 4.98. The lowest BCUT2D eigenvalue weighted by molar-refractivity contribution is -0.00252. The van der Waals surface area contributed by atoms with Crippen LogP contribution in [0.2, 0.25) is 0 Å². The van der Waals surface area contributed by atoms with E-state index in [9.17, 15) is 0 Å². The Kier molecular flexibility index (Phi) is 5.92. The summed E-state index contributed by atoms with van der Waals surface area (Å²) in [6, 6.07) is 0.773. The Balaban J connectivity index is 1.99. The van der Waals surface area contributed by atoms with E-state index in [0.717, 1.165) is 24.4 Å². The van der Waals surface area contributed by atoms with Crippen LogP contribution >= 0.6 is 0 Å². The van der Waals surface area contributed by atoms with E-state index < -0.39 is 0 Å². The predicted molar refractivity (Wildman–Crippen MR) is 87.8 cm³/mol. The van der Waals surface area contributed by atoms with Gasteiger partial charge in [0.1, 0.15) is 0 Å². The van der Waals surface area contributed by atoms with Crippen LogP contribution in [-0.4, -0.2) is 30.1 Å². The summed E-state index contributed by atoms with van der Waals surface area (Å²) in [4.78, 5) is 2.72. The van der Waals surface area contributed by atoms with Crippen LogP contribution in [0.1, 0.15) is 78.1 Å². The van der Waals surface area contributed by atoms with E-state index in [1.54, 1.807) is 0 Å². The van der Waals surface area contributed by atoms with Crippen molar-refractivity contribution in [3.63, 3.8) is 0 Å². The molecule has 2 rings (SSSR count). The maximum absolute atomic E-state index is 6.27. The van der Waals surface area contributed by atoms with Gasteiger partial charge in [-0.1, -0.05) is 39.5 Å². The Bertz CT molecular complexity index is 281. The van der Waals surface area contributed by atoms with E-state index in [4.69, 9.17) is 5.73 Å². The zero-order chi connectivity index (χ0) is 14.6. The highest BCUT2D eigenvalue weighted by Gasteiger charge is 2.41. The fraction of sp³-hybridized carbons (Fsp3) is 1.00. The molecule has 0 spiro atoms. The fourth-order valence-electron chi connectivity index (χ4n) is 4.84. The first-order valence-corrected chi connectivity index (χ1v) is 9.06. The second-order valence-corrected chi connectivity index (χ2v) is 7.60. The molecule has 0 heterocycles. The molecule has 2 fully saturated rings. The molecular weight excluding hydrogens is 244 g/mol. The van der Waals surface area contributed by atoms with Gasteiger partial charge in [-0.05, 0) is 57.4 Å². The molecule has 118 valence electrons. The highest BCUT2D eigenvalue weighted by atomic mass is 15.2. The number of likely N-dealkylation sites (N-methyl/N-ethyl adjacent to an activating group) is 1. The molecule has 2 N–H and O–H groups in total. The molecule has 0 aromatic carbocycles. The van der Waals surface area contributed by atoms with Crippen molar-refractivity contribution in [3.8, 4) is 0 Å². The lowest BCUT2D eigenvalue weighted by Gasteiger charge is -2.51. The zero-order valence-electron chi connectivity index (χ0n) is 14.0. The minimum absolute atomic E-state index is 0.306. The van der Waals surface area contributed by atoms with Crippen molar-refractivity contribution in [2.24, 2.45) is 17.6 Å². The van der Waals surface area contributed by atoms with Gasteiger partial charge < -0.3 is 5.73 Å². The molecule has 2 atom stereocenters. The third-order valence-electron chi connectivity index (χ3n) is 6.42.